The molecular formula is C22H21N3OS. The van der Waals surface area contributed by atoms with E-state index in [0.717, 1.165) is 36.5 Å². The van der Waals surface area contributed by atoms with Crippen LogP contribution in [0.25, 0.3) is 21.1 Å². The molecule has 1 aliphatic heterocycles. The highest BCUT2D eigenvalue weighted by Crippen LogP contribution is 2.36. The van der Waals surface area contributed by atoms with Crippen molar-refractivity contribution < 1.29 is 4.79 Å². The predicted molar refractivity (Wildman–Crippen MR) is 110 cm³/mol. The Morgan fingerprint density at radius 3 is 2.89 bits per heavy atom. The number of thiazole rings is 1. The molecule has 1 aliphatic rings. The zero-order valence-corrected chi connectivity index (χ0v) is 15.9. The third kappa shape index (κ3) is 3.02. The average Bonchev–Trinajstić information content (AvgIpc) is 3.43. The van der Waals surface area contributed by atoms with Crippen molar-refractivity contribution in [3.8, 4) is 0 Å². The Morgan fingerprint density at radius 1 is 1.11 bits per heavy atom. The number of nitrogens with zero attached hydrogens (tertiary/aromatic N) is 3. The zero-order valence-electron chi connectivity index (χ0n) is 15.0. The Kier molecular flexibility index (Phi) is 4.17. The number of para-hydroxylation sites is 2. The van der Waals surface area contributed by atoms with Gasteiger partial charge in [-0.1, -0.05) is 30.3 Å². The van der Waals surface area contributed by atoms with Gasteiger partial charge >= 0.3 is 0 Å². The molecule has 5 heteroatoms. The van der Waals surface area contributed by atoms with Gasteiger partial charge in [0.1, 0.15) is 5.01 Å². The number of benzene rings is 2. The minimum Gasteiger partial charge on any atom is -0.347 e. The van der Waals surface area contributed by atoms with E-state index in [1.165, 1.54) is 15.6 Å². The van der Waals surface area contributed by atoms with Crippen molar-refractivity contribution in [2.45, 2.75) is 31.8 Å². The summed E-state index contributed by atoms with van der Waals surface area (Å²) >= 11 is 1.72. The minimum absolute atomic E-state index is 0.135. The molecule has 0 unspecified atom stereocenters. The lowest BCUT2D eigenvalue weighted by Crippen LogP contribution is -2.31. The van der Waals surface area contributed by atoms with Crippen molar-refractivity contribution in [2.24, 2.45) is 0 Å². The van der Waals surface area contributed by atoms with Crippen LogP contribution in [0.3, 0.4) is 0 Å². The summed E-state index contributed by atoms with van der Waals surface area (Å²) in [5, 5.41) is 2.30. The number of carbonyl (C=O) groups excluding carboxylic acids is 1. The Morgan fingerprint density at radius 2 is 1.96 bits per heavy atom. The summed E-state index contributed by atoms with van der Waals surface area (Å²) in [5.41, 5.74) is 2.23. The number of likely N-dealkylation sites (tertiary alicyclic amines) is 1. The molecule has 4 nitrogen and oxygen atoms in total. The summed E-state index contributed by atoms with van der Waals surface area (Å²) < 4.78 is 3.38. The molecule has 1 saturated heterocycles. The van der Waals surface area contributed by atoms with Crippen LogP contribution in [0.2, 0.25) is 0 Å². The van der Waals surface area contributed by atoms with E-state index in [2.05, 4.69) is 35.0 Å². The molecule has 0 aliphatic carbocycles. The number of rotatable bonds is 4. The van der Waals surface area contributed by atoms with Crippen LogP contribution in [-0.2, 0) is 11.3 Å². The summed E-state index contributed by atoms with van der Waals surface area (Å²) in [7, 11) is 0. The number of hydrogen-bond acceptors (Lipinski definition) is 3. The third-order valence-corrected chi connectivity index (χ3v) is 6.55. The van der Waals surface area contributed by atoms with E-state index in [9.17, 15) is 4.79 Å². The molecule has 2 aromatic carbocycles. The largest absolute Gasteiger partial charge is 0.347 e. The molecule has 0 bridgehead atoms. The molecule has 0 spiro atoms. The molecule has 2 aromatic heterocycles. The lowest BCUT2D eigenvalue weighted by atomic mass is 10.2. The highest BCUT2D eigenvalue weighted by atomic mass is 32.1. The van der Waals surface area contributed by atoms with Crippen molar-refractivity contribution in [3.63, 3.8) is 0 Å². The SMILES string of the molecule is O=C(CCn1ccc2ccccc21)N1CCC[C@@H]1c1nc2ccccc2s1. The van der Waals surface area contributed by atoms with Crippen LogP contribution >= 0.6 is 11.3 Å². The molecular weight excluding hydrogens is 354 g/mol. The fraction of sp³-hybridized carbons (Fsp3) is 0.273. The highest BCUT2D eigenvalue weighted by molar-refractivity contribution is 7.18. The number of fused-ring (bicyclic) bond motifs is 2. The molecule has 3 heterocycles. The fourth-order valence-electron chi connectivity index (χ4n) is 4.05. The Bertz CT molecular complexity index is 1080. The third-order valence-electron chi connectivity index (χ3n) is 5.42. The van der Waals surface area contributed by atoms with E-state index in [1.807, 2.05) is 35.2 Å². The van der Waals surface area contributed by atoms with Gasteiger partial charge in [-0.15, -0.1) is 11.3 Å². The van der Waals surface area contributed by atoms with E-state index < -0.39 is 0 Å². The van der Waals surface area contributed by atoms with E-state index in [-0.39, 0.29) is 11.9 Å². The van der Waals surface area contributed by atoms with Crippen molar-refractivity contribution in [3.05, 3.63) is 65.8 Å². The summed E-state index contributed by atoms with van der Waals surface area (Å²) in [6.45, 7) is 1.56. The number of amides is 1. The minimum atomic E-state index is 0.135. The number of hydrogen-bond donors (Lipinski definition) is 0. The first kappa shape index (κ1) is 16.5. The van der Waals surface area contributed by atoms with Crippen molar-refractivity contribution in [1.29, 1.82) is 0 Å². The van der Waals surface area contributed by atoms with Gasteiger partial charge in [-0.05, 0) is 42.5 Å². The lowest BCUT2D eigenvalue weighted by Gasteiger charge is -2.23. The second-order valence-electron chi connectivity index (χ2n) is 7.08. The topological polar surface area (TPSA) is 38.1 Å². The Hall–Kier alpha value is -2.66. The van der Waals surface area contributed by atoms with Gasteiger partial charge in [0.2, 0.25) is 5.91 Å². The van der Waals surface area contributed by atoms with Gasteiger partial charge in [0.25, 0.3) is 0 Å². The molecule has 1 atom stereocenters. The van der Waals surface area contributed by atoms with Crippen LogP contribution in [0.15, 0.2) is 60.8 Å². The first-order valence-electron chi connectivity index (χ1n) is 9.48. The van der Waals surface area contributed by atoms with Crippen LogP contribution in [0.1, 0.15) is 30.3 Å². The molecule has 4 aromatic rings. The van der Waals surface area contributed by atoms with Gasteiger partial charge in [-0.25, -0.2) is 4.98 Å². The van der Waals surface area contributed by atoms with Crippen molar-refractivity contribution in [1.82, 2.24) is 14.5 Å². The Balaban J connectivity index is 1.33. The molecule has 5 rings (SSSR count). The summed E-state index contributed by atoms with van der Waals surface area (Å²) in [4.78, 5) is 19.8. The first-order valence-corrected chi connectivity index (χ1v) is 10.3. The number of aryl methyl sites for hydroxylation is 1. The molecule has 136 valence electrons. The van der Waals surface area contributed by atoms with E-state index in [4.69, 9.17) is 4.98 Å². The fourth-order valence-corrected chi connectivity index (χ4v) is 5.17. The molecule has 1 amide bonds. The van der Waals surface area contributed by atoms with Crippen LogP contribution in [0.4, 0.5) is 0 Å². The van der Waals surface area contributed by atoms with Crippen LogP contribution in [0, 0.1) is 0 Å². The van der Waals surface area contributed by atoms with E-state index >= 15 is 0 Å². The second kappa shape index (κ2) is 6.82. The average molecular weight is 375 g/mol. The monoisotopic (exact) mass is 375 g/mol. The normalized spacial score (nSPS) is 17.2. The van der Waals surface area contributed by atoms with Gasteiger partial charge in [0.15, 0.2) is 0 Å². The predicted octanol–water partition coefficient (Wildman–Crippen LogP) is 5.00. The summed E-state index contributed by atoms with van der Waals surface area (Å²) in [6, 6.07) is 18.8. The van der Waals surface area contributed by atoms with E-state index in [0.29, 0.717) is 6.42 Å². The maximum Gasteiger partial charge on any atom is 0.224 e. The molecule has 27 heavy (non-hydrogen) atoms. The van der Waals surface area contributed by atoms with Gasteiger partial charge in [0, 0.05) is 31.2 Å². The number of aromatic nitrogens is 2. The molecule has 0 saturated carbocycles. The Labute approximate surface area is 162 Å². The first-order chi connectivity index (χ1) is 13.3. The molecule has 0 N–H and O–H groups in total. The quantitative estimate of drug-likeness (QED) is 0.503. The van der Waals surface area contributed by atoms with Gasteiger partial charge in [-0.3, -0.25) is 4.79 Å². The molecule has 0 radical (unpaired) electrons. The molecule has 1 fully saturated rings. The summed E-state index contributed by atoms with van der Waals surface area (Å²) in [6.07, 6.45) is 4.67. The van der Waals surface area contributed by atoms with Crippen LogP contribution < -0.4 is 0 Å². The van der Waals surface area contributed by atoms with Crippen molar-refractivity contribution >= 4 is 38.4 Å². The van der Waals surface area contributed by atoms with Crippen LogP contribution in [0.5, 0.6) is 0 Å². The number of carbonyl (C=O) groups is 1. The zero-order chi connectivity index (χ0) is 18.2. The van der Waals surface area contributed by atoms with Crippen molar-refractivity contribution in [2.75, 3.05) is 6.54 Å². The highest BCUT2D eigenvalue weighted by Gasteiger charge is 2.31. The van der Waals surface area contributed by atoms with Crippen LogP contribution in [-0.4, -0.2) is 26.9 Å². The van der Waals surface area contributed by atoms with Gasteiger partial charge in [0.05, 0.1) is 16.3 Å². The standard InChI is InChI=1S/C22H21N3OS/c26-21(12-15-24-14-11-16-6-1-3-8-18(16)24)25-13-5-9-19(25)22-23-17-7-2-4-10-20(17)27-22/h1-4,6-8,10-11,14,19H,5,9,12-13,15H2/t19-/m1/s1. The maximum absolute atomic E-state index is 13.0. The van der Waals surface area contributed by atoms with Gasteiger partial charge in [-0.2, -0.15) is 0 Å². The lowest BCUT2D eigenvalue weighted by molar-refractivity contribution is -0.132. The maximum atomic E-state index is 13.0. The second-order valence-corrected chi connectivity index (χ2v) is 8.15. The van der Waals surface area contributed by atoms with E-state index in [1.54, 1.807) is 11.3 Å². The van der Waals surface area contributed by atoms with Gasteiger partial charge < -0.3 is 9.47 Å². The smallest absolute Gasteiger partial charge is 0.224 e. The summed E-state index contributed by atoms with van der Waals surface area (Å²) in [5.74, 6) is 0.231.